The zero-order chi connectivity index (χ0) is 26.7. The standard InChI is InChI=1S/C26H27ClN4O5S/c1-4-36-26(33)22-23(19-8-6-5-7-9-19)28-18(3)29-24(22)25(32)30-14-15-31(17(2)16-30)37(34,35)21-12-10-20(27)11-13-21/h5-13,17H,4,14-16H2,1-3H3. The first-order valence-corrected chi connectivity index (χ1v) is 13.6. The third kappa shape index (κ3) is 5.51. The van der Waals surface area contributed by atoms with Crippen molar-refractivity contribution in [2.24, 2.45) is 0 Å². The molecule has 1 aromatic heterocycles. The molecule has 2 heterocycles. The molecule has 1 atom stereocenters. The molecule has 1 fully saturated rings. The molecule has 1 saturated heterocycles. The SMILES string of the molecule is CCOC(=O)c1c(C(=O)N2CCN(S(=O)(=O)c3ccc(Cl)cc3)C(C)C2)nc(C)nc1-c1ccccc1. The lowest BCUT2D eigenvalue weighted by atomic mass is 10.0. The Bertz CT molecular complexity index is 1410. The molecule has 11 heteroatoms. The second-order valence-electron chi connectivity index (χ2n) is 8.60. The van der Waals surface area contributed by atoms with Crippen molar-refractivity contribution >= 4 is 33.5 Å². The van der Waals surface area contributed by atoms with Crippen LogP contribution < -0.4 is 0 Å². The lowest BCUT2D eigenvalue weighted by Gasteiger charge is -2.39. The number of aromatic nitrogens is 2. The normalized spacial score (nSPS) is 16.4. The van der Waals surface area contributed by atoms with Gasteiger partial charge in [0.1, 0.15) is 17.1 Å². The number of hydrogen-bond acceptors (Lipinski definition) is 7. The summed E-state index contributed by atoms with van der Waals surface area (Å²) in [5, 5.41) is 0.440. The Hall–Kier alpha value is -3.34. The van der Waals surface area contributed by atoms with Crippen LogP contribution in [0.3, 0.4) is 0 Å². The summed E-state index contributed by atoms with van der Waals surface area (Å²) in [6, 6.07) is 14.5. The summed E-state index contributed by atoms with van der Waals surface area (Å²) in [5.41, 5.74) is 0.891. The predicted octanol–water partition coefficient (Wildman–Crippen LogP) is 3.82. The van der Waals surface area contributed by atoms with E-state index in [4.69, 9.17) is 16.3 Å². The van der Waals surface area contributed by atoms with Gasteiger partial charge in [0, 0.05) is 36.3 Å². The Kier molecular flexibility index (Phi) is 7.91. The van der Waals surface area contributed by atoms with Crippen molar-refractivity contribution in [1.82, 2.24) is 19.2 Å². The first-order chi connectivity index (χ1) is 17.6. The van der Waals surface area contributed by atoms with Crippen LogP contribution in [-0.4, -0.2) is 71.8 Å². The monoisotopic (exact) mass is 542 g/mol. The molecular weight excluding hydrogens is 516 g/mol. The fraction of sp³-hybridized carbons (Fsp3) is 0.308. The van der Waals surface area contributed by atoms with Crippen molar-refractivity contribution in [3.05, 3.63) is 76.7 Å². The largest absolute Gasteiger partial charge is 0.462 e. The lowest BCUT2D eigenvalue weighted by Crippen LogP contribution is -2.55. The van der Waals surface area contributed by atoms with Crippen LogP contribution >= 0.6 is 11.6 Å². The number of sulfonamides is 1. The van der Waals surface area contributed by atoms with Gasteiger partial charge in [0.05, 0.1) is 17.2 Å². The van der Waals surface area contributed by atoms with Crippen LogP contribution in [0, 0.1) is 6.92 Å². The molecule has 3 aromatic rings. The molecule has 0 saturated carbocycles. The van der Waals surface area contributed by atoms with E-state index in [2.05, 4.69) is 9.97 Å². The highest BCUT2D eigenvalue weighted by Gasteiger charge is 2.37. The van der Waals surface area contributed by atoms with Gasteiger partial charge in [-0.15, -0.1) is 0 Å². The molecule has 9 nitrogen and oxygen atoms in total. The fourth-order valence-corrected chi connectivity index (χ4v) is 6.04. The molecule has 0 spiro atoms. The Morgan fingerprint density at radius 2 is 1.73 bits per heavy atom. The second-order valence-corrected chi connectivity index (χ2v) is 10.9. The zero-order valence-corrected chi connectivity index (χ0v) is 22.3. The summed E-state index contributed by atoms with van der Waals surface area (Å²) in [5.74, 6) is -0.852. The summed E-state index contributed by atoms with van der Waals surface area (Å²) in [6.45, 7) is 5.52. The number of benzene rings is 2. The molecule has 2 aromatic carbocycles. The number of aryl methyl sites for hydroxylation is 1. The van der Waals surface area contributed by atoms with Gasteiger partial charge in [-0.2, -0.15) is 4.31 Å². The molecule has 1 unspecified atom stereocenters. The highest BCUT2D eigenvalue weighted by molar-refractivity contribution is 7.89. The third-order valence-electron chi connectivity index (χ3n) is 6.02. The van der Waals surface area contributed by atoms with Crippen molar-refractivity contribution in [2.45, 2.75) is 31.7 Å². The Morgan fingerprint density at radius 1 is 1.05 bits per heavy atom. The Labute approximate surface area is 221 Å². The van der Waals surface area contributed by atoms with Crippen LogP contribution in [0.25, 0.3) is 11.3 Å². The number of ether oxygens (including phenoxy) is 1. The van der Waals surface area contributed by atoms with Crippen molar-refractivity contribution in [3.63, 3.8) is 0 Å². The molecule has 0 N–H and O–H groups in total. The number of amides is 1. The predicted molar refractivity (Wildman–Crippen MR) is 139 cm³/mol. The first kappa shape index (κ1) is 26.7. The molecule has 1 aliphatic heterocycles. The minimum atomic E-state index is -3.78. The van der Waals surface area contributed by atoms with E-state index in [1.54, 1.807) is 32.9 Å². The molecule has 4 rings (SSSR count). The highest BCUT2D eigenvalue weighted by atomic mass is 35.5. The number of esters is 1. The minimum Gasteiger partial charge on any atom is -0.462 e. The average molecular weight is 543 g/mol. The van der Waals surface area contributed by atoms with E-state index < -0.39 is 27.9 Å². The summed E-state index contributed by atoms with van der Waals surface area (Å²) >= 11 is 5.91. The molecule has 0 radical (unpaired) electrons. The van der Waals surface area contributed by atoms with Crippen molar-refractivity contribution in [1.29, 1.82) is 0 Å². The van der Waals surface area contributed by atoms with Gasteiger partial charge in [0.15, 0.2) is 0 Å². The summed E-state index contributed by atoms with van der Waals surface area (Å²) in [7, 11) is -3.78. The van der Waals surface area contributed by atoms with E-state index in [9.17, 15) is 18.0 Å². The van der Waals surface area contributed by atoms with Crippen LogP contribution in [0.2, 0.25) is 5.02 Å². The molecule has 1 aliphatic rings. The van der Waals surface area contributed by atoms with Gasteiger partial charge in [0.25, 0.3) is 5.91 Å². The zero-order valence-electron chi connectivity index (χ0n) is 20.7. The molecule has 194 valence electrons. The van der Waals surface area contributed by atoms with Crippen LogP contribution in [0.1, 0.15) is 40.5 Å². The molecule has 0 bridgehead atoms. The summed E-state index contributed by atoms with van der Waals surface area (Å²) < 4.78 is 33.1. The maximum atomic E-state index is 13.7. The first-order valence-electron chi connectivity index (χ1n) is 11.8. The molecule has 0 aliphatic carbocycles. The van der Waals surface area contributed by atoms with Crippen LogP contribution in [0.15, 0.2) is 59.5 Å². The Morgan fingerprint density at radius 3 is 2.35 bits per heavy atom. The van der Waals surface area contributed by atoms with Gasteiger partial charge in [-0.3, -0.25) is 4.79 Å². The minimum absolute atomic E-state index is 0.00693. The van der Waals surface area contributed by atoms with E-state index in [0.717, 1.165) is 0 Å². The quantitative estimate of drug-likeness (QED) is 0.435. The van der Waals surface area contributed by atoms with Crippen LogP contribution in [0.4, 0.5) is 0 Å². The van der Waals surface area contributed by atoms with E-state index in [1.807, 2.05) is 18.2 Å². The second kappa shape index (κ2) is 11.0. The van der Waals surface area contributed by atoms with Crippen molar-refractivity contribution in [2.75, 3.05) is 26.2 Å². The van der Waals surface area contributed by atoms with Gasteiger partial charge < -0.3 is 9.64 Å². The topological polar surface area (TPSA) is 110 Å². The average Bonchev–Trinajstić information content (AvgIpc) is 2.88. The van der Waals surface area contributed by atoms with Gasteiger partial charge in [-0.05, 0) is 45.0 Å². The van der Waals surface area contributed by atoms with Gasteiger partial charge in [-0.25, -0.2) is 23.2 Å². The third-order valence-corrected chi connectivity index (χ3v) is 8.30. The molecular formula is C26H27ClN4O5S. The highest BCUT2D eigenvalue weighted by Crippen LogP contribution is 2.28. The van der Waals surface area contributed by atoms with Crippen LogP contribution in [-0.2, 0) is 14.8 Å². The molecule has 1 amide bonds. The fourth-order valence-electron chi connectivity index (χ4n) is 4.30. The number of halogens is 1. The molecule has 37 heavy (non-hydrogen) atoms. The smallest absolute Gasteiger partial charge is 0.342 e. The maximum Gasteiger partial charge on any atom is 0.342 e. The maximum absolute atomic E-state index is 13.7. The number of piperazine rings is 1. The number of nitrogens with zero attached hydrogens (tertiary/aromatic N) is 4. The van der Waals surface area contributed by atoms with Gasteiger partial charge >= 0.3 is 5.97 Å². The van der Waals surface area contributed by atoms with E-state index in [0.29, 0.717) is 22.1 Å². The van der Waals surface area contributed by atoms with Gasteiger partial charge in [0.2, 0.25) is 10.0 Å². The lowest BCUT2D eigenvalue weighted by molar-refractivity contribution is 0.0511. The Balaban J connectivity index is 1.66. The number of carbonyl (C=O) groups excluding carboxylic acids is 2. The van der Waals surface area contributed by atoms with Crippen molar-refractivity contribution in [3.8, 4) is 11.3 Å². The summed E-state index contributed by atoms with van der Waals surface area (Å²) in [4.78, 5) is 37.2. The number of rotatable bonds is 6. The number of hydrogen-bond donors (Lipinski definition) is 0. The van der Waals surface area contributed by atoms with E-state index in [1.165, 1.54) is 33.5 Å². The summed E-state index contributed by atoms with van der Waals surface area (Å²) in [6.07, 6.45) is 0. The van der Waals surface area contributed by atoms with Crippen molar-refractivity contribution < 1.29 is 22.7 Å². The number of carbonyl (C=O) groups is 2. The van der Waals surface area contributed by atoms with Gasteiger partial charge in [-0.1, -0.05) is 41.9 Å². The van der Waals surface area contributed by atoms with E-state index in [-0.39, 0.29) is 42.4 Å². The van der Waals surface area contributed by atoms with E-state index >= 15 is 0 Å². The van der Waals surface area contributed by atoms with Crippen LogP contribution in [0.5, 0.6) is 0 Å².